The van der Waals surface area contributed by atoms with E-state index >= 15 is 0 Å². The fourth-order valence-corrected chi connectivity index (χ4v) is 13.5. The first-order valence-electron chi connectivity index (χ1n) is 44.2. The predicted molar refractivity (Wildman–Crippen MR) is 523 cm³/mol. The van der Waals surface area contributed by atoms with Crippen molar-refractivity contribution in [2.45, 2.75) is 385 Å². The van der Waals surface area contributed by atoms with Crippen molar-refractivity contribution in [2.75, 3.05) is 13.2 Å². The summed E-state index contributed by atoms with van der Waals surface area (Å²) < 4.78 is 18.9. The molecule has 0 spiro atoms. The molecule has 0 amide bonds. The lowest BCUT2D eigenvalue weighted by Gasteiger charge is -2.29. The summed E-state index contributed by atoms with van der Waals surface area (Å²) in [7, 11) is 0. The molecule has 0 aliphatic carbocycles. The van der Waals surface area contributed by atoms with Gasteiger partial charge in [0.05, 0.1) is 42.2 Å². The minimum absolute atomic E-state index is 0.00654. The number of alkyl halides is 1. The van der Waals surface area contributed by atoms with Crippen LogP contribution < -0.4 is 37.6 Å². The molecule has 0 fully saturated rings. The monoisotopic (exact) mass is 1640 g/mol. The van der Waals surface area contributed by atoms with Gasteiger partial charge in [0.1, 0.15) is 12.4 Å². The van der Waals surface area contributed by atoms with Crippen LogP contribution in [-0.4, -0.2) is 51.4 Å². The van der Waals surface area contributed by atoms with Gasteiger partial charge in [0.15, 0.2) is 0 Å². The van der Waals surface area contributed by atoms with Gasteiger partial charge in [0.25, 0.3) is 0 Å². The Kier molecular flexibility index (Phi) is 39.9. The van der Waals surface area contributed by atoms with Crippen molar-refractivity contribution in [3.8, 4) is 11.8 Å². The molecule has 0 radical (unpaired) electrons. The van der Waals surface area contributed by atoms with Crippen molar-refractivity contribution < 1.29 is 8.81 Å². The van der Waals surface area contributed by atoms with Crippen LogP contribution in [-0.2, 0) is 32.5 Å². The average Bonchev–Trinajstić information content (AvgIpc) is 1.15. The molecular weight excluding hydrogens is 1470 g/mol. The van der Waals surface area contributed by atoms with Gasteiger partial charge in [-0.25, -0.2) is 4.39 Å². The molecular formula is C110H171FN8O. The van der Waals surface area contributed by atoms with Crippen molar-refractivity contribution in [3.05, 3.63) is 278 Å². The number of allylic oxidation sites excluding steroid dienone is 1. The Morgan fingerprint density at radius 3 is 0.967 bits per heavy atom. The second-order valence-electron chi connectivity index (χ2n) is 45.3. The lowest BCUT2D eigenvalue weighted by molar-refractivity contribution is 0.306. The van der Waals surface area contributed by atoms with E-state index in [0.717, 1.165) is 29.1 Å². The number of pyridine rings is 1. The van der Waals surface area contributed by atoms with Crippen LogP contribution in [0.3, 0.4) is 0 Å². The third-order valence-electron chi connectivity index (χ3n) is 20.0. The highest BCUT2D eigenvalue weighted by atomic mass is 19.1. The maximum atomic E-state index is 13.1. The zero-order valence-electron chi connectivity index (χ0n) is 83.3. The molecule has 0 aliphatic heterocycles. The molecule has 0 saturated heterocycles. The Balaban J connectivity index is 0.000000373. The molecule has 120 heavy (non-hydrogen) atoms. The van der Waals surface area contributed by atoms with Gasteiger partial charge in [0, 0.05) is 45.0 Å². The standard InChI is InChI=1S/C21H30N2.C20H29NO.C18H29N.C18H27N.C17H30N2.C16H26FN/c1-15-9-8-10-18(22-15)19(23-21(5,6)7)16-11-13-17(14-12-16)20(2,3)4;1-14-12-13-22-18(14)17(21-20(5,6)7)15-8-10-16(11-9-15)19(2,3)4;2*1-8-9-16(19-18(5,6)7)14-10-12-15(13-11-14)17(2,3)4;1-16(2,3)14-9-7-13(8-10-14)15(11-12-18)19-17(4,5)6;1-15(2,3)13-9-7-12(8-10-13)14(11-17)18-16(4,5)6/h8-14,19,23H,1-7H3;8-13,17,21H,1-7H3;8-13,16,19H,1-7H3;10-13,16,19H,1-7H3;7-10,15,19H,11-12,18H2,1-6H3;7-10,14,18H,11H2,1-6H3/b;;9-8+;;;/t19-;17-;2*16-;15-;14-/m001111/s1. The van der Waals surface area contributed by atoms with Gasteiger partial charge in [-0.15, -0.1) is 5.92 Å². The summed E-state index contributed by atoms with van der Waals surface area (Å²) in [6, 6.07) is 61.7. The van der Waals surface area contributed by atoms with Crippen molar-refractivity contribution in [3.63, 3.8) is 0 Å². The van der Waals surface area contributed by atoms with Crippen molar-refractivity contribution >= 4 is 0 Å². The number of halogens is 1. The first-order chi connectivity index (χ1) is 54.7. The summed E-state index contributed by atoms with van der Waals surface area (Å²) in [5.41, 5.74) is 25.8. The Labute approximate surface area is 735 Å². The molecule has 0 aliphatic rings. The van der Waals surface area contributed by atoms with Crippen LogP contribution in [0.25, 0.3) is 0 Å². The zero-order valence-corrected chi connectivity index (χ0v) is 83.3. The molecule has 6 atom stereocenters. The minimum Gasteiger partial charge on any atom is -0.467 e. The fourth-order valence-electron chi connectivity index (χ4n) is 13.5. The molecule has 2 aromatic heterocycles. The summed E-state index contributed by atoms with van der Waals surface area (Å²) >= 11 is 0. The fraction of sp³-hybridized carbons (Fsp3) is 0.555. The topological polar surface area (TPSA) is 124 Å². The van der Waals surface area contributed by atoms with E-state index in [4.69, 9.17) is 15.1 Å². The molecule has 8 N–H and O–H groups in total. The third-order valence-corrected chi connectivity index (χ3v) is 20.0. The van der Waals surface area contributed by atoms with E-state index in [-0.39, 0.29) is 103 Å². The summed E-state index contributed by atoms with van der Waals surface area (Å²) in [6.45, 7) is 87.6. The number of furan rings is 1. The van der Waals surface area contributed by atoms with E-state index in [9.17, 15) is 4.39 Å². The molecule has 664 valence electrons. The van der Waals surface area contributed by atoms with Crippen LogP contribution >= 0.6 is 0 Å². The van der Waals surface area contributed by atoms with E-state index in [1.165, 1.54) is 66.8 Å². The van der Waals surface area contributed by atoms with Crippen molar-refractivity contribution in [1.82, 2.24) is 36.9 Å². The molecule has 9 nitrogen and oxygen atoms in total. The van der Waals surface area contributed by atoms with Crippen LogP contribution in [0.5, 0.6) is 0 Å². The van der Waals surface area contributed by atoms with Crippen LogP contribution in [0.4, 0.5) is 4.39 Å². The highest BCUT2D eigenvalue weighted by Crippen LogP contribution is 2.35. The minimum atomic E-state index is -0.383. The lowest BCUT2D eigenvalue weighted by atomic mass is 9.86. The van der Waals surface area contributed by atoms with Crippen LogP contribution in [0, 0.1) is 25.7 Å². The van der Waals surface area contributed by atoms with Gasteiger partial charge >= 0.3 is 0 Å². The number of nitrogens with zero attached hydrogens (tertiary/aromatic N) is 1. The Hall–Kier alpha value is -7.30. The molecule has 0 bridgehead atoms. The number of nitrogens with two attached hydrogens (primary N) is 1. The molecule has 8 aromatic rings. The summed E-state index contributed by atoms with van der Waals surface area (Å²) in [5, 5.41) is 21.6. The normalized spacial score (nSPS) is 14.2. The van der Waals surface area contributed by atoms with Gasteiger partial charge in [-0.05, 0) is 288 Å². The highest BCUT2D eigenvalue weighted by Gasteiger charge is 2.29. The van der Waals surface area contributed by atoms with Crippen LogP contribution in [0.1, 0.15) is 395 Å². The van der Waals surface area contributed by atoms with E-state index in [1.807, 2.05) is 38.1 Å². The number of benzene rings is 6. The molecule has 0 saturated carbocycles. The van der Waals surface area contributed by atoms with Gasteiger partial charge < -0.3 is 31.4 Å². The number of aromatic nitrogens is 1. The molecule has 10 heteroatoms. The maximum Gasteiger partial charge on any atom is 0.128 e. The average molecular weight is 1640 g/mol. The van der Waals surface area contributed by atoms with E-state index in [0.29, 0.717) is 12.6 Å². The van der Waals surface area contributed by atoms with E-state index in [2.05, 4.69) is 465 Å². The molecule has 2 heterocycles. The summed E-state index contributed by atoms with van der Waals surface area (Å²) in [6.07, 6.45) is 7.07. The summed E-state index contributed by atoms with van der Waals surface area (Å²) in [4.78, 5) is 4.74. The number of aryl methyl sites for hydroxylation is 2. The second-order valence-corrected chi connectivity index (χ2v) is 45.3. The van der Waals surface area contributed by atoms with E-state index < -0.39 is 0 Å². The second kappa shape index (κ2) is 44.9. The first kappa shape index (κ1) is 107. The maximum absolute atomic E-state index is 13.1. The van der Waals surface area contributed by atoms with Crippen molar-refractivity contribution in [1.29, 1.82) is 0 Å². The van der Waals surface area contributed by atoms with Gasteiger partial charge in [-0.2, -0.15) is 0 Å². The van der Waals surface area contributed by atoms with Gasteiger partial charge in [0.2, 0.25) is 0 Å². The SMILES string of the molecule is C/C=C/[C@@H](NC(C)(C)C)c1ccc(C(C)(C)C)cc1.CC#C[C@@H](NC(C)(C)C)c1ccc(C(C)(C)C)cc1.CC(C)(C)N[C@H](CCN)c1ccc(C(C)(C)C)cc1.CC(C)(C)N[C@H](CF)c1ccc(C(C)(C)C)cc1.Cc1cccc([C@@H](NC(C)(C)C)c2ccc(C(C)(C)C)cc2)n1.Cc1ccoc1[C@@H](NC(C)(C)C)c1ccc(C(C)(C)C)cc1. The quantitative estimate of drug-likeness (QED) is 0.0332. The van der Waals surface area contributed by atoms with Crippen LogP contribution in [0.15, 0.2) is 193 Å². The molecule has 6 aromatic carbocycles. The third kappa shape index (κ3) is 40.4. The largest absolute Gasteiger partial charge is 0.467 e. The van der Waals surface area contributed by atoms with E-state index in [1.54, 1.807) is 6.26 Å². The predicted octanol–water partition coefficient (Wildman–Crippen LogP) is 28.1. The number of rotatable bonds is 18. The zero-order chi connectivity index (χ0) is 91.8. The number of hydrogen-bond donors (Lipinski definition) is 7. The van der Waals surface area contributed by atoms with Gasteiger partial charge in [-0.1, -0.05) is 294 Å². The smallest absolute Gasteiger partial charge is 0.128 e. The number of hydrogen-bond acceptors (Lipinski definition) is 9. The molecule has 8 rings (SSSR count). The van der Waals surface area contributed by atoms with Crippen molar-refractivity contribution in [2.24, 2.45) is 5.73 Å². The first-order valence-corrected chi connectivity index (χ1v) is 44.2. The Bertz CT molecular complexity index is 4330. The Morgan fingerprint density at radius 2 is 0.675 bits per heavy atom. The lowest BCUT2D eigenvalue weighted by Crippen LogP contribution is -2.39. The number of nitrogens with one attached hydrogen (secondary N) is 6. The highest BCUT2D eigenvalue weighted by molar-refractivity contribution is 5.39. The van der Waals surface area contributed by atoms with Crippen LogP contribution in [0.2, 0.25) is 0 Å². The summed E-state index contributed by atoms with van der Waals surface area (Å²) in [5.74, 6) is 7.27. The van der Waals surface area contributed by atoms with Gasteiger partial charge in [-0.3, -0.25) is 15.6 Å². The Morgan fingerprint density at radius 1 is 0.367 bits per heavy atom. The molecule has 0 unspecified atom stereocenters.